The highest BCUT2D eigenvalue weighted by Gasteiger charge is 2.10. The summed E-state index contributed by atoms with van der Waals surface area (Å²) in [6.45, 7) is 1.49. The van der Waals surface area contributed by atoms with Crippen LogP contribution in [0.15, 0.2) is 79.4 Å². The number of ether oxygens (including phenoxy) is 1. The van der Waals surface area contributed by atoms with Gasteiger partial charge in [0.25, 0.3) is 0 Å². The van der Waals surface area contributed by atoms with E-state index in [0.29, 0.717) is 6.61 Å². The first-order valence-corrected chi connectivity index (χ1v) is 9.21. The largest absolute Gasteiger partial charge is 0.374 e. The van der Waals surface area contributed by atoms with E-state index in [9.17, 15) is 0 Å². The molecule has 0 aliphatic carbocycles. The molecule has 0 bridgehead atoms. The maximum Gasteiger partial charge on any atom is 0.0945 e. The summed E-state index contributed by atoms with van der Waals surface area (Å²) in [6, 6.07) is 18.3. The number of aryl methyl sites for hydroxylation is 1. The summed E-state index contributed by atoms with van der Waals surface area (Å²) in [6.07, 6.45) is 11.8. The van der Waals surface area contributed by atoms with Crippen LogP contribution in [0.4, 0.5) is 0 Å². The molecule has 3 nitrogen and oxygen atoms in total. The van der Waals surface area contributed by atoms with Gasteiger partial charge >= 0.3 is 0 Å². The molecule has 0 spiro atoms. The maximum atomic E-state index is 6.14. The first-order valence-electron chi connectivity index (χ1n) is 8.83. The zero-order chi connectivity index (χ0) is 18.0. The second-order valence-electron chi connectivity index (χ2n) is 6.19. The van der Waals surface area contributed by atoms with Crippen LogP contribution >= 0.6 is 11.6 Å². The van der Waals surface area contributed by atoms with Crippen molar-refractivity contribution in [3.63, 3.8) is 0 Å². The Morgan fingerprint density at radius 1 is 1.08 bits per heavy atom. The molecule has 0 radical (unpaired) electrons. The summed E-state index contributed by atoms with van der Waals surface area (Å²) < 4.78 is 8.23. The molecule has 1 atom stereocenters. The molecule has 26 heavy (non-hydrogen) atoms. The van der Waals surface area contributed by atoms with Crippen LogP contribution in [-0.4, -0.2) is 22.3 Å². The van der Waals surface area contributed by atoms with Crippen molar-refractivity contribution in [1.29, 1.82) is 0 Å². The van der Waals surface area contributed by atoms with Crippen LogP contribution in [0.1, 0.15) is 17.5 Å². The van der Waals surface area contributed by atoms with Gasteiger partial charge in [-0.3, -0.25) is 0 Å². The van der Waals surface area contributed by atoms with Crippen molar-refractivity contribution >= 4 is 17.7 Å². The fourth-order valence-electron chi connectivity index (χ4n) is 2.78. The van der Waals surface area contributed by atoms with E-state index in [-0.39, 0.29) is 6.10 Å². The topological polar surface area (TPSA) is 27.1 Å². The standard InChI is InChI=1S/C22H23ClN2O/c23-21-10-8-19(9-11-21)7-4-16-26-22(12-14-25-15-13-24-18-25)17-20-5-2-1-3-6-20/h1-11,13,15,18,22H,12,14,16-17H2/b7-4+. The van der Waals surface area contributed by atoms with E-state index in [4.69, 9.17) is 16.3 Å². The summed E-state index contributed by atoms with van der Waals surface area (Å²) in [5, 5.41) is 0.751. The van der Waals surface area contributed by atoms with Gasteiger partial charge < -0.3 is 9.30 Å². The van der Waals surface area contributed by atoms with Crippen molar-refractivity contribution in [3.8, 4) is 0 Å². The fourth-order valence-corrected chi connectivity index (χ4v) is 2.91. The van der Waals surface area contributed by atoms with Crippen molar-refractivity contribution in [1.82, 2.24) is 9.55 Å². The summed E-state index contributed by atoms with van der Waals surface area (Å²) in [5.41, 5.74) is 2.42. The highest BCUT2D eigenvalue weighted by molar-refractivity contribution is 6.30. The van der Waals surface area contributed by atoms with E-state index in [1.807, 2.05) is 49.1 Å². The molecule has 134 valence electrons. The molecule has 4 heteroatoms. The molecule has 0 aliphatic heterocycles. The van der Waals surface area contributed by atoms with Gasteiger partial charge in [-0.2, -0.15) is 0 Å². The zero-order valence-electron chi connectivity index (χ0n) is 14.7. The van der Waals surface area contributed by atoms with Crippen LogP contribution in [0.25, 0.3) is 6.08 Å². The molecular formula is C22H23ClN2O. The molecular weight excluding hydrogens is 344 g/mol. The quantitative estimate of drug-likeness (QED) is 0.516. The van der Waals surface area contributed by atoms with Crippen LogP contribution < -0.4 is 0 Å². The third-order valence-electron chi connectivity index (χ3n) is 4.18. The lowest BCUT2D eigenvalue weighted by atomic mass is 10.1. The van der Waals surface area contributed by atoms with Crippen LogP contribution in [0.5, 0.6) is 0 Å². The Hall–Kier alpha value is -2.36. The summed E-state index contributed by atoms with van der Waals surface area (Å²) in [7, 11) is 0. The average Bonchev–Trinajstić information content (AvgIpc) is 3.19. The molecule has 0 amide bonds. The molecule has 3 aromatic rings. The minimum atomic E-state index is 0.162. The van der Waals surface area contributed by atoms with Crippen LogP contribution in [0.3, 0.4) is 0 Å². The molecule has 0 N–H and O–H groups in total. The summed E-state index contributed by atoms with van der Waals surface area (Å²) >= 11 is 5.91. The van der Waals surface area contributed by atoms with E-state index >= 15 is 0 Å². The Morgan fingerprint density at radius 2 is 1.88 bits per heavy atom. The van der Waals surface area contributed by atoms with Gasteiger partial charge in [0.1, 0.15) is 0 Å². The SMILES string of the molecule is Clc1ccc(/C=C/COC(CCn2ccnc2)Cc2ccccc2)cc1. The second-order valence-corrected chi connectivity index (χ2v) is 6.62. The predicted octanol–water partition coefficient (Wildman–Crippen LogP) is 5.27. The fraction of sp³-hybridized carbons (Fsp3) is 0.227. The molecule has 1 aromatic heterocycles. The van der Waals surface area contributed by atoms with E-state index in [2.05, 4.69) is 46.0 Å². The zero-order valence-corrected chi connectivity index (χ0v) is 15.4. The van der Waals surface area contributed by atoms with E-state index in [1.165, 1.54) is 5.56 Å². The van der Waals surface area contributed by atoms with Gasteiger partial charge in [-0.1, -0.05) is 66.2 Å². The second kappa shape index (κ2) is 9.95. The van der Waals surface area contributed by atoms with Crippen molar-refractivity contribution < 1.29 is 4.74 Å². The lowest BCUT2D eigenvalue weighted by Gasteiger charge is -2.17. The molecule has 0 aliphatic rings. The average molecular weight is 367 g/mol. The maximum absolute atomic E-state index is 6.14. The molecule has 1 heterocycles. The van der Waals surface area contributed by atoms with Gasteiger partial charge in [-0.05, 0) is 36.1 Å². The first-order chi connectivity index (χ1) is 12.8. The highest BCUT2D eigenvalue weighted by atomic mass is 35.5. The van der Waals surface area contributed by atoms with E-state index in [0.717, 1.165) is 30.0 Å². The highest BCUT2D eigenvalue weighted by Crippen LogP contribution is 2.13. The minimum Gasteiger partial charge on any atom is -0.374 e. The van der Waals surface area contributed by atoms with Crippen LogP contribution in [0.2, 0.25) is 5.02 Å². The number of hydrogen-bond donors (Lipinski definition) is 0. The molecule has 3 rings (SSSR count). The molecule has 0 fully saturated rings. The normalized spacial score (nSPS) is 12.5. The number of aromatic nitrogens is 2. The Kier molecular flexibility index (Phi) is 7.05. The Morgan fingerprint density at radius 3 is 2.62 bits per heavy atom. The van der Waals surface area contributed by atoms with Gasteiger partial charge in [0.15, 0.2) is 0 Å². The third kappa shape index (κ3) is 6.17. The monoisotopic (exact) mass is 366 g/mol. The number of rotatable bonds is 9. The van der Waals surface area contributed by atoms with Crippen LogP contribution in [0, 0.1) is 0 Å². The predicted molar refractivity (Wildman–Crippen MR) is 107 cm³/mol. The first kappa shape index (κ1) is 18.4. The Bertz CT molecular complexity index is 783. The van der Waals surface area contributed by atoms with Crippen molar-refractivity contribution in [2.75, 3.05) is 6.61 Å². The van der Waals surface area contributed by atoms with E-state index < -0.39 is 0 Å². The Labute approximate surface area is 159 Å². The van der Waals surface area contributed by atoms with Gasteiger partial charge in [0.2, 0.25) is 0 Å². The van der Waals surface area contributed by atoms with E-state index in [1.54, 1.807) is 0 Å². The van der Waals surface area contributed by atoms with Gasteiger partial charge in [-0.25, -0.2) is 4.98 Å². The van der Waals surface area contributed by atoms with Crippen molar-refractivity contribution in [3.05, 3.63) is 95.5 Å². The molecule has 2 aromatic carbocycles. The van der Waals surface area contributed by atoms with Crippen LogP contribution in [-0.2, 0) is 17.7 Å². The number of halogens is 1. The van der Waals surface area contributed by atoms with Gasteiger partial charge in [-0.15, -0.1) is 0 Å². The lowest BCUT2D eigenvalue weighted by molar-refractivity contribution is 0.0650. The molecule has 1 unspecified atom stereocenters. The van der Waals surface area contributed by atoms with Gasteiger partial charge in [0, 0.05) is 24.0 Å². The number of imidazole rings is 1. The number of nitrogens with zero attached hydrogens (tertiary/aromatic N) is 2. The Balaban J connectivity index is 1.54. The third-order valence-corrected chi connectivity index (χ3v) is 4.44. The smallest absolute Gasteiger partial charge is 0.0945 e. The van der Waals surface area contributed by atoms with Gasteiger partial charge in [0.05, 0.1) is 19.0 Å². The van der Waals surface area contributed by atoms with Crippen molar-refractivity contribution in [2.24, 2.45) is 0 Å². The summed E-state index contributed by atoms with van der Waals surface area (Å²) in [4.78, 5) is 4.10. The number of benzene rings is 2. The minimum absolute atomic E-state index is 0.162. The lowest BCUT2D eigenvalue weighted by Crippen LogP contribution is -2.18. The summed E-state index contributed by atoms with van der Waals surface area (Å²) in [5.74, 6) is 0. The van der Waals surface area contributed by atoms with Crippen molar-refractivity contribution in [2.45, 2.75) is 25.5 Å². The molecule has 0 saturated carbocycles. The number of hydrogen-bond acceptors (Lipinski definition) is 2. The molecule has 0 saturated heterocycles.